The molecule has 8 heavy (non-hydrogen) atoms. The molecule has 0 unspecified atom stereocenters. The van der Waals surface area contributed by atoms with Crippen LogP contribution < -0.4 is 0 Å². The van der Waals surface area contributed by atoms with Gasteiger partial charge in [-0.3, -0.25) is 0 Å². The highest BCUT2D eigenvalue weighted by atomic mass is 79.9. The average molecular weight is 457 g/mol. The molecule has 0 aliphatic rings. The maximum atomic E-state index is 3.38. The molecule has 0 amide bonds. The second kappa shape index (κ2) is 4.59. The van der Waals surface area contributed by atoms with Crippen molar-refractivity contribution in [3.8, 4) is 0 Å². The van der Waals surface area contributed by atoms with Crippen LogP contribution in [0.5, 0.6) is 0 Å². The van der Waals surface area contributed by atoms with E-state index in [4.69, 9.17) is 0 Å². The predicted molar refractivity (Wildman–Crippen MR) is 58.7 cm³/mol. The van der Waals surface area contributed by atoms with Crippen molar-refractivity contribution in [2.24, 2.45) is 0 Å². The fourth-order valence-electron chi connectivity index (χ4n) is 0.0337. The van der Waals surface area contributed by atoms with Gasteiger partial charge in [0.2, 0.25) is 0 Å². The summed E-state index contributed by atoms with van der Waals surface area (Å²) < 4.78 is 0.0203. The van der Waals surface area contributed by atoms with E-state index in [2.05, 4.69) is 78.5 Å². The quantitative estimate of drug-likeness (QED) is 0.548. The summed E-state index contributed by atoms with van der Waals surface area (Å²) in [7, 11) is 1.49. The summed E-state index contributed by atoms with van der Waals surface area (Å²) in [4.78, 5) is 0. The molecule has 0 aliphatic heterocycles. The molecule has 0 rings (SSSR count). The van der Waals surface area contributed by atoms with Crippen molar-refractivity contribution in [1.29, 1.82) is 0 Å². The van der Waals surface area contributed by atoms with Gasteiger partial charge in [-0.05, 0) is 14.8 Å². The molecule has 6 heteroatoms. The van der Waals surface area contributed by atoms with E-state index in [1.807, 2.05) is 0 Å². The normalized spacial score (nSPS) is 12.8. The molecule has 0 nitrogen and oxygen atoms in total. The summed E-state index contributed by atoms with van der Waals surface area (Å²) >= 11 is 16.7. The highest BCUT2D eigenvalue weighted by Gasteiger charge is 2.29. The van der Waals surface area contributed by atoms with Crippen molar-refractivity contribution >= 4 is 88.7 Å². The molecule has 0 aromatic heterocycles. The first-order chi connectivity index (χ1) is 3.50. The summed E-state index contributed by atoms with van der Waals surface area (Å²) in [5.41, 5.74) is 0. The Hall–Kier alpha value is 2.75. The first-order valence-electron chi connectivity index (χ1n) is 1.46. The van der Waals surface area contributed by atoms with E-state index in [9.17, 15) is 0 Å². The number of hydrogen-bond donors (Lipinski definition) is 0. The molecular formula is C2HBr5S. The molecule has 0 saturated heterocycles. The molecule has 0 saturated carbocycles. The van der Waals surface area contributed by atoms with Crippen molar-refractivity contribution in [2.45, 2.75) is 6.30 Å². The van der Waals surface area contributed by atoms with Crippen molar-refractivity contribution in [1.82, 2.24) is 0 Å². The number of alkyl halides is 4. The summed E-state index contributed by atoms with van der Waals surface area (Å²) in [5.74, 6) is 0. The van der Waals surface area contributed by atoms with Gasteiger partial charge in [0, 0.05) is 0 Å². The van der Waals surface area contributed by atoms with E-state index >= 15 is 0 Å². The zero-order valence-corrected chi connectivity index (χ0v) is 12.1. The third-order valence-corrected chi connectivity index (χ3v) is 11.3. The monoisotopic (exact) mass is 452 g/mol. The van der Waals surface area contributed by atoms with Crippen LogP contribution in [0.25, 0.3) is 0 Å². The lowest BCUT2D eigenvalue weighted by Gasteiger charge is -2.16. The van der Waals surface area contributed by atoms with Crippen LogP contribution in [-0.4, -0.2) is 6.30 Å². The van der Waals surface area contributed by atoms with Crippen LogP contribution >= 0.6 is 88.7 Å². The molecular weight excluding hydrogens is 456 g/mol. The summed E-state index contributed by atoms with van der Waals surface area (Å²) in [6.45, 7) is 0. The minimum absolute atomic E-state index is 0.167. The third kappa shape index (κ3) is 3.81. The first-order valence-corrected chi connectivity index (χ1v) is 7.54. The largest absolute Gasteiger partial charge is 0.158 e. The van der Waals surface area contributed by atoms with Gasteiger partial charge < -0.3 is 0 Å². The van der Waals surface area contributed by atoms with E-state index in [0.29, 0.717) is 0 Å². The highest BCUT2D eigenvalue weighted by Crippen LogP contribution is 2.50. The van der Waals surface area contributed by atoms with Gasteiger partial charge >= 0.3 is 0 Å². The van der Waals surface area contributed by atoms with Gasteiger partial charge in [0.15, 0.2) is 2.57 Å². The molecule has 0 aromatic rings. The zero-order chi connectivity index (χ0) is 6.78. The molecule has 50 valence electrons. The highest BCUT2D eigenvalue weighted by molar-refractivity contribution is 9.54. The second-order valence-electron chi connectivity index (χ2n) is 0.940. The summed E-state index contributed by atoms with van der Waals surface area (Å²) in [5, 5.41) is 0. The van der Waals surface area contributed by atoms with Crippen molar-refractivity contribution in [3.63, 3.8) is 0 Å². The average Bonchev–Trinajstić information content (AvgIpc) is 1.67. The smallest absolute Gasteiger partial charge is 0.0730 e. The Morgan fingerprint density at radius 3 is 1.62 bits per heavy atom. The number of rotatable bonds is 2. The molecule has 0 aliphatic carbocycles. The standard InChI is InChI=1S/C2HBr5S/c3-1(4)2(5,6)8-7/h1H. The van der Waals surface area contributed by atoms with Crippen LogP contribution in [0.4, 0.5) is 0 Å². The topological polar surface area (TPSA) is 0 Å². The van der Waals surface area contributed by atoms with Gasteiger partial charge in [0.05, 0.1) is 0 Å². The van der Waals surface area contributed by atoms with Crippen molar-refractivity contribution in [2.75, 3.05) is 0 Å². The Morgan fingerprint density at radius 1 is 1.25 bits per heavy atom. The fourth-order valence-corrected chi connectivity index (χ4v) is 2.73. The van der Waals surface area contributed by atoms with Gasteiger partial charge in [-0.2, -0.15) is 0 Å². The lowest BCUT2D eigenvalue weighted by molar-refractivity contribution is 1.38. The molecule has 0 aromatic carbocycles. The number of hydrogen-bond acceptors (Lipinski definition) is 1. The van der Waals surface area contributed by atoms with Gasteiger partial charge in [-0.1, -0.05) is 73.9 Å². The van der Waals surface area contributed by atoms with Crippen LogP contribution in [0.2, 0.25) is 0 Å². The SMILES string of the molecule is BrSC(Br)(Br)C(Br)Br. The molecule has 0 heterocycles. The van der Waals surface area contributed by atoms with Gasteiger partial charge in [-0.15, -0.1) is 0 Å². The molecule has 0 radical (unpaired) electrons. The second-order valence-corrected chi connectivity index (χ2v) is 10.4. The van der Waals surface area contributed by atoms with E-state index in [1.165, 1.54) is 10.2 Å². The van der Waals surface area contributed by atoms with Crippen LogP contribution in [0.15, 0.2) is 0 Å². The Labute approximate surface area is 93.6 Å². The van der Waals surface area contributed by atoms with Gasteiger partial charge in [0.25, 0.3) is 0 Å². The molecule has 0 bridgehead atoms. The Bertz CT molecular complexity index is 70.8. The van der Waals surface area contributed by atoms with Crippen molar-refractivity contribution < 1.29 is 0 Å². The molecule has 0 spiro atoms. The lowest BCUT2D eigenvalue weighted by atomic mass is 11.0. The van der Waals surface area contributed by atoms with Crippen molar-refractivity contribution in [3.05, 3.63) is 0 Å². The van der Waals surface area contributed by atoms with E-state index in [1.54, 1.807) is 0 Å². The Kier molecular flexibility index (Phi) is 6.17. The van der Waals surface area contributed by atoms with Crippen LogP contribution in [0.3, 0.4) is 0 Å². The van der Waals surface area contributed by atoms with Gasteiger partial charge in [0.1, 0.15) is 3.74 Å². The van der Waals surface area contributed by atoms with E-state index in [-0.39, 0.29) is 6.30 Å². The van der Waals surface area contributed by atoms with Crippen LogP contribution in [-0.2, 0) is 0 Å². The summed E-state index contributed by atoms with van der Waals surface area (Å²) in [6.07, 6.45) is 0. The fraction of sp³-hybridized carbons (Fsp3) is 1.00. The number of halogens is 5. The molecule has 0 N–H and O–H groups in total. The maximum absolute atomic E-state index is 3.38. The predicted octanol–water partition coefficient (Wildman–Crippen LogP) is 4.59. The maximum Gasteiger partial charge on any atom is 0.158 e. The first kappa shape index (κ1) is 10.8. The van der Waals surface area contributed by atoms with E-state index < -0.39 is 0 Å². The minimum atomic E-state index is -0.167. The van der Waals surface area contributed by atoms with E-state index in [0.717, 1.165) is 0 Å². The lowest BCUT2D eigenvalue weighted by Crippen LogP contribution is -2.11. The van der Waals surface area contributed by atoms with Crippen LogP contribution in [0.1, 0.15) is 0 Å². The zero-order valence-electron chi connectivity index (χ0n) is 3.38. The molecule has 0 atom stereocenters. The molecule has 0 fully saturated rings. The minimum Gasteiger partial charge on any atom is -0.0730 e. The Balaban J connectivity index is 3.71. The Morgan fingerprint density at radius 2 is 1.62 bits per heavy atom. The third-order valence-electron chi connectivity index (χ3n) is 0.357. The van der Waals surface area contributed by atoms with Crippen LogP contribution in [0, 0.1) is 0 Å². The summed E-state index contributed by atoms with van der Waals surface area (Å²) in [6, 6.07) is 0. The van der Waals surface area contributed by atoms with Gasteiger partial charge in [-0.25, -0.2) is 0 Å².